The Hall–Kier alpha value is -2.33. The molecule has 1 amide bonds. The van der Waals surface area contributed by atoms with Gasteiger partial charge in [0.25, 0.3) is 0 Å². The van der Waals surface area contributed by atoms with Crippen LogP contribution in [0.3, 0.4) is 0 Å². The fourth-order valence-corrected chi connectivity index (χ4v) is 3.18. The molecule has 2 aromatic rings. The van der Waals surface area contributed by atoms with Crippen molar-refractivity contribution in [2.45, 2.75) is 49.7 Å². The summed E-state index contributed by atoms with van der Waals surface area (Å²) in [5.41, 5.74) is 0.994. The summed E-state index contributed by atoms with van der Waals surface area (Å²) in [5.74, 6) is -0.172. The van der Waals surface area contributed by atoms with E-state index < -0.39 is 10.6 Å². The minimum absolute atomic E-state index is 0.128. The number of amides is 1. The molecule has 0 aliphatic rings. The molecule has 0 aliphatic carbocycles. The molecule has 1 aromatic heterocycles. The fraction of sp³-hybridized carbons (Fsp3) is 0.421. The van der Waals surface area contributed by atoms with E-state index >= 15 is 0 Å². The molecule has 0 atom stereocenters. The molecule has 1 heterocycles. The fourth-order valence-electron chi connectivity index (χ4n) is 2.19. The first kappa shape index (κ1) is 20.0. The van der Waals surface area contributed by atoms with Gasteiger partial charge in [-0.05, 0) is 32.0 Å². The van der Waals surface area contributed by atoms with E-state index in [0.29, 0.717) is 10.7 Å². The van der Waals surface area contributed by atoms with Crippen LogP contribution in [0.15, 0.2) is 29.2 Å². The first-order valence-electron chi connectivity index (χ1n) is 8.18. The molecule has 26 heavy (non-hydrogen) atoms. The van der Waals surface area contributed by atoms with Gasteiger partial charge in [-0.25, -0.2) is 4.39 Å². The van der Waals surface area contributed by atoms with Gasteiger partial charge in [-0.2, -0.15) is 10.4 Å². The van der Waals surface area contributed by atoms with Gasteiger partial charge in [-0.15, -0.1) is 11.8 Å². The number of nitrogens with one attached hydrogen (secondary N) is 1. The van der Waals surface area contributed by atoms with Crippen molar-refractivity contribution in [2.24, 2.45) is 7.05 Å². The van der Waals surface area contributed by atoms with Crippen molar-refractivity contribution in [1.82, 2.24) is 9.78 Å². The van der Waals surface area contributed by atoms with Gasteiger partial charge >= 0.3 is 0 Å². The molecule has 0 bridgehead atoms. The SMILES string of the molecule is Cn1nc(C(C)(C)C)cc1NC(=O)C(C)(C)Sc1ccc(C#N)cc1F. The zero-order chi connectivity index (χ0) is 19.7. The van der Waals surface area contributed by atoms with Crippen molar-refractivity contribution in [3.8, 4) is 6.07 Å². The largest absolute Gasteiger partial charge is 0.310 e. The lowest BCUT2D eigenvalue weighted by Gasteiger charge is -2.23. The summed E-state index contributed by atoms with van der Waals surface area (Å²) in [6.45, 7) is 9.61. The van der Waals surface area contributed by atoms with Crippen LogP contribution in [-0.4, -0.2) is 20.4 Å². The smallest absolute Gasteiger partial charge is 0.241 e. The van der Waals surface area contributed by atoms with Crippen LogP contribution in [0.25, 0.3) is 0 Å². The Balaban J connectivity index is 2.18. The molecule has 7 heteroatoms. The number of hydrogen-bond donors (Lipinski definition) is 1. The number of aromatic nitrogens is 2. The number of nitriles is 1. The Morgan fingerprint density at radius 3 is 2.42 bits per heavy atom. The predicted octanol–water partition coefficient (Wildman–Crippen LogP) is 4.24. The number of nitrogens with zero attached hydrogens (tertiary/aromatic N) is 3. The van der Waals surface area contributed by atoms with Crippen molar-refractivity contribution >= 4 is 23.5 Å². The molecular formula is C19H23FN4OS. The maximum Gasteiger partial charge on any atom is 0.241 e. The number of rotatable bonds is 4. The average molecular weight is 374 g/mol. The highest BCUT2D eigenvalue weighted by molar-refractivity contribution is 8.01. The van der Waals surface area contributed by atoms with Crippen LogP contribution in [0.1, 0.15) is 45.9 Å². The Morgan fingerprint density at radius 1 is 1.27 bits per heavy atom. The molecule has 0 saturated heterocycles. The molecule has 1 N–H and O–H groups in total. The first-order chi connectivity index (χ1) is 11.9. The lowest BCUT2D eigenvalue weighted by atomic mass is 9.92. The maximum absolute atomic E-state index is 14.1. The van der Waals surface area contributed by atoms with Gasteiger partial charge in [0.15, 0.2) is 0 Å². The number of carbonyl (C=O) groups excluding carboxylic acids is 1. The van der Waals surface area contributed by atoms with Crippen molar-refractivity contribution in [3.05, 3.63) is 41.3 Å². The molecule has 0 spiro atoms. The third-order valence-corrected chi connectivity index (χ3v) is 5.11. The molecule has 0 fully saturated rings. The number of benzene rings is 1. The molecular weight excluding hydrogens is 351 g/mol. The monoisotopic (exact) mass is 374 g/mol. The van der Waals surface area contributed by atoms with Crippen LogP contribution in [0.2, 0.25) is 0 Å². The summed E-state index contributed by atoms with van der Waals surface area (Å²) < 4.78 is 14.8. The van der Waals surface area contributed by atoms with Gasteiger partial charge in [0.2, 0.25) is 5.91 Å². The number of anilines is 1. The molecule has 0 aliphatic heterocycles. The molecule has 0 radical (unpaired) electrons. The summed E-state index contributed by atoms with van der Waals surface area (Å²) in [4.78, 5) is 13.1. The predicted molar refractivity (Wildman–Crippen MR) is 102 cm³/mol. The molecule has 5 nitrogen and oxygen atoms in total. The van der Waals surface area contributed by atoms with Crippen LogP contribution in [0.4, 0.5) is 10.2 Å². The van der Waals surface area contributed by atoms with Crippen LogP contribution >= 0.6 is 11.8 Å². The van der Waals surface area contributed by atoms with Crippen LogP contribution in [0.5, 0.6) is 0 Å². The lowest BCUT2D eigenvalue weighted by molar-refractivity contribution is -0.117. The van der Waals surface area contributed by atoms with Gasteiger partial charge in [0, 0.05) is 23.4 Å². The number of aryl methyl sites for hydroxylation is 1. The molecule has 1 aromatic carbocycles. The summed E-state index contributed by atoms with van der Waals surface area (Å²) in [5, 5.41) is 16.1. The number of carbonyl (C=O) groups is 1. The van der Waals surface area contributed by atoms with Crippen molar-refractivity contribution < 1.29 is 9.18 Å². The Bertz CT molecular complexity index is 875. The quantitative estimate of drug-likeness (QED) is 0.813. The van der Waals surface area contributed by atoms with E-state index in [9.17, 15) is 9.18 Å². The second kappa shape index (κ2) is 7.12. The molecule has 0 unspecified atom stereocenters. The second-order valence-electron chi connectivity index (χ2n) is 7.61. The zero-order valence-electron chi connectivity index (χ0n) is 15.8. The highest BCUT2D eigenvalue weighted by Crippen LogP contribution is 2.35. The van der Waals surface area contributed by atoms with Crippen LogP contribution in [-0.2, 0) is 17.3 Å². The number of hydrogen-bond acceptors (Lipinski definition) is 4. The Labute approximate surface area is 157 Å². The van der Waals surface area contributed by atoms with Crippen molar-refractivity contribution in [3.63, 3.8) is 0 Å². The van der Waals surface area contributed by atoms with E-state index in [1.807, 2.05) is 12.1 Å². The van der Waals surface area contributed by atoms with Crippen molar-refractivity contribution in [1.29, 1.82) is 5.26 Å². The standard InChI is InChI=1S/C19H23FN4OS/c1-18(2,3)15-10-16(24(6)23-15)22-17(25)19(4,5)26-14-8-7-12(11-21)9-13(14)20/h7-10H,1-6H3,(H,22,25). The third-order valence-electron chi connectivity index (χ3n) is 3.86. The van der Waals surface area contributed by atoms with E-state index in [1.54, 1.807) is 25.6 Å². The lowest BCUT2D eigenvalue weighted by Crippen LogP contribution is -2.34. The number of halogens is 1. The summed E-state index contributed by atoms with van der Waals surface area (Å²) >= 11 is 1.11. The molecule has 0 saturated carbocycles. The van der Waals surface area contributed by atoms with Crippen LogP contribution < -0.4 is 5.32 Å². The van der Waals surface area contributed by atoms with E-state index in [4.69, 9.17) is 5.26 Å². The minimum Gasteiger partial charge on any atom is -0.310 e. The summed E-state index contributed by atoms with van der Waals surface area (Å²) in [6.07, 6.45) is 0. The van der Waals surface area contributed by atoms with E-state index in [0.717, 1.165) is 17.5 Å². The van der Waals surface area contributed by atoms with Crippen molar-refractivity contribution in [2.75, 3.05) is 5.32 Å². The first-order valence-corrected chi connectivity index (χ1v) is 9.00. The van der Waals surface area contributed by atoms with Crippen LogP contribution in [0, 0.1) is 17.1 Å². The second-order valence-corrected chi connectivity index (χ2v) is 9.28. The van der Waals surface area contributed by atoms with Gasteiger partial charge < -0.3 is 5.32 Å². The zero-order valence-corrected chi connectivity index (χ0v) is 16.7. The molecule has 2 rings (SSSR count). The van der Waals surface area contributed by atoms with E-state index in [1.165, 1.54) is 18.2 Å². The topological polar surface area (TPSA) is 70.7 Å². The van der Waals surface area contributed by atoms with Gasteiger partial charge in [-0.3, -0.25) is 9.48 Å². The average Bonchev–Trinajstić information content (AvgIpc) is 2.90. The highest BCUT2D eigenvalue weighted by Gasteiger charge is 2.31. The Kier molecular flexibility index (Phi) is 5.47. The molecule has 138 valence electrons. The minimum atomic E-state index is -0.916. The summed E-state index contributed by atoms with van der Waals surface area (Å²) in [7, 11) is 1.77. The normalized spacial score (nSPS) is 11.9. The third kappa shape index (κ3) is 4.44. The number of thioether (sulfide) groups is 1. The summed E-state index contributed by atoms with van der Waals surface area (Å²) in [6, 6.07) is 7.98. The van der Waals surface area contributed by atoms with Gasteiger partial charge in [0.05, 0.1) is 22.1 Å². The van der Waals surface area contributed by atoms with E-state index in [-0.39, 0.29) is 16.9 Å². The highest BCUT2D eigenvalue weighted by atomic mass is 32.2. The maximum atomic E-state index is 14.1. The van der Waals surface area contributed by atoms with Gasteiger partial charge in [-0.1, -0.05) is 20.8 Å². The Morgan fingerprint density at radius 2 is 1.92 bits per heavy atom. The van der Waals surface area contributed by atoms with E-state index in [2.05, 4.69) is 31.2 Å². The van der Waals surface area contributed by atoms with Gasteiger partial charge in [0.1, 0.15) is 11.6 Å².